The fourth-order valence-electron chi connectivity index (χ4n) is 3.14. The van der Waals surface area contributed by atoms with Crippen molar-refractivity contribution in [3.8, 4) is 11.1 Å². The Labute approximate surface area is 148 Å². The van der Waals surface area contributed by atoms with E-state index in [9.17, 15) is 9.18 Å². The maximum absolute atomic E-state index is 13.2. The van der Waals surface area contributed by atoms with Gasteiger partial charge in [0.15, 0.2) is 5.65 Å². The Bertz CT molecular complexity index is 1160. The summed E-state index contributed by atoms with van der Waals surface area (Å²) >= 11 is 0. The number of halogens is 1. The summed E-state index contributed by atoms with van der Waals surface area (Å²) in [6, 6.07) is 8.07. The summed E-state index contributed by atoms with van der Waals surface area (Å²) in [7, 11) is 1.60. The van der Waals surface area contributed by atoms with E-state index in [1.807, 2.05) is 13.0 Å². The molecule has 0 aliphatic rings. The van der Waals surface area contributed by atoms with Gasteiger partial charge in [-0.05, 0) is 30.7 Å². The molecule has 0 saturated carbocycles. The first-order valence-corrected chi connectivity index (χ1v) is 8.22. The van der Waals surface area contributed by atoms with Crippen molar-refractivity contribution in [2.24, 2.45) is 0 Å². The Morgan fingerprint density at radius 2 is 1.96 bits per heavy atom. The summed E-state index contributed by atoms with van der Waals surface area (Å²) in [6.45, 7) is 2.80. The summed E-state index contributed by atoms with van der Waals surface area (Å²) in [5.74, 6) is -0.294. The van der Waals surface area contributed by atoms with Crippen LogP contribution in [0.5, 0.6) is 0 Å². The van der Waals surface area contributed by atoms with E-state index in [-0.39, 0.29) is 11.4 Å². The molecule has 0 radical (unpaired) electrons. The van der Waals surface area contributed by atoms with E-state index < -0.39 is 0 Å². The van der Waals surface area contributed by atoms with Crippen molar-refractivity contribution in [2.75, 3.05) is 13.7 Å². The standard InChI is InChI=1S/C19H17FN4O2/c1-12-17(13-3-5-14(20)6-4-13)18-21-11-15-16(24(18)22-12)7-8-23(19(15)25)9-10-26-2/h3-8,11H,9-10H2,1-2H3. The quantitative estimate of drug-likeness (QED) is 0.567. The lowest BCUT2D eigenvalue weighted by molar-refractivity contribution is 0.186. The number of hydrogen-bond donors (Lipinski definition) is 0. The summed E-state index contributed by atoms with van der Waals surface area (Å²) in [5, 5.41) is 5.05. The summed E-state index contributed by atoms with van der Waals surface area (Å²) < 4.78 is 21.5. The van der Waals surface area contributed by atoms with Crippen LogP contribution in [-0.2, 0) is 11.3 Å². The van der Waals surface area contributed by atoms with Crippen LogP contribution < -0.4 is 5.56 Å². The molecular formula is C19H17FN4O2. The van der Waals surface area contributed by atoms with Gasteiger partial charge in [-0.15, -0.1) is 0 Å². The molecule has 4 aromatic rings. The minimum Gasteiger partial charge on any atom is -0.383 e. The van der Waals surface area contributed by atoms with Crippen molar-refractivity contribution in [1.82, 2.24) is 19.2 Å². The van der Waals surface area contributed by atoms with Gasteiger partial charge in [0, 0.05) is 31.6 Å². The van der Waals surface area contributed by atoms with Gasteiger partial charge in [-0.1, -0.05) is 12.1 Å². The minimum absolute atomic E-state index is 0.134. The van der Waals surface area contributed by atoms with Gasteiger partial charge in [0.1, 0.15) is 5.82 Å². The van der Waals surface area contributed by atoms with E-state index in [4.69, 9.17) is 4.74 Å². The lowest BCUT2D eigenvalue weighted by atomic mass is 10.1. The Hall–Kier alpha value is -3.06. The van der Waals surface area contributed by atoms with E-state index >= 15 is 0 Å². The highest BCUT2D eigenvalue weighted by Gasteiger charge is 2.16. The number of rotatable bonds is 4. The molecule has 3 heterocycles. The zero-order valence-corrected chi connectivity index (χ0v) is 14.4. The van der Waals surface area contributed by atoms with E-state index in [0.29, 0.717) is 29.7 Å². The normalized spacial score (nSPS) is 11.5. The van der Waals surface area contributed by atoms with Crippen molar-refractivity contribution < 1.29 is 9.13 Å². The molecular weight excluding hydrogens is 335 g/mol. The SMILES string of the molecule is COCCn1ccc2c(cnc3c(-c4ccc(F)cc4)c(C)nn32)c1=O. The second-order valence-corrected chi connectivity index (χ2v) is 6.07. The molecule has 6 nitrogen and oxygen atoms in total. The molecule has 0 N–H and O–H groups in total. The van der Waals surface area contributed by atoms with E-state index in [2.05, 4.69) is 10.1 Å². The number of pyridine rings is 1. The van der Waals surface area contributed by atoms with Crippen LogP contribution >= 0.6 is 0 Å². The van der Waals surface area contributed by atoms with Crippen molar-refractivity contribution in [2.45, 2.75) is 13.5 Å². The topological polar surface area (TPSA) is 61.4 Å². The molecule has 0 saturated heterocycles. The third-order valence-electron chi connectivity index (χ3n) is 4.43. The Morgan fingerprint density at radius 1 is 1.19 bits per heavy atom. The highest BCUT2D eigenvalue weighted by molar-refractivity contribution is 5.86. The molecule has 3 aromatic heterocycles. The second kappa shape index (κ2) is 6.34. The van der Waals surface area contributed by atoms with Crippen LogP contribution in [0.2, 0.25) is 0 Å². The highest BCUT2D eigenvalue weighted by Crippen LogP contribution is 2.28. The van der Waals surface area contributed by atoms with Crippen LogP contribution in [-0.4, -0.2) is 32.9 Å². The molecule has 1 aromatic carbocycles. The molecule has 0 spiro atoms. The Balaban J connectivity index is 1.94. The molecule has 0 unspecified atom stereocenters. The van der Waals surface area contributed by atoms with Crippen LogP contribution in [0, 0.1) is 12.7 Å². The summed E-state index contributed by atoms with van der Waals surface area (Å²) in [4.78, 5) is 17.1. The van der Waals surface area contributed by atoms with E-state index in [0.717, 1.165) is 16.8 Å². The van der Waals surface area contributed by atoms with Crippen molar-refractivity contribution in [3.63, 3.8) is 0 Å². The second-order valence-electron chi connectivity index (χ2n) is 6.07. The molecule has 0 fully saturated rings. The maximum Gasteiger partial charge on any atom is 0.261 e. The zero-order chi connectivity index (χ0) is 18.3. The van der Waals surface area contributed by atoms with Crippen molar-refractivity contribution in [3.05, 3.63) is 64.6 Å². The lowest BCUT2D eigenvalue weighted by Crippen LogP contribution is -2.22. The van der Waals surface area contributed by atoms with Gasteiger partial charge >= 0.3 is 0 Å². The van der Waals surface area contributed by atoms with Gasteiger partial charge < -0.3 is 9.30 Å². The van der Waals surface area contributed by atoms with Crippen LogP contribution in [0.1, 0.15) is 5.69 Å². The van der Waals surface area contributed by atoms with Gasteiger partial charge in [0.2, 0.25) is 0 Å². The molecule has 4 rings (SSSR count). The average molecular weight is 352 g/mol. The predicted octanol–water partition coefficient (Wildman–Crippen LogP) is 2.81. The van der Waals surface area contributed by atoms with Crippen molar-refractivity contribution >= 4 is 16.6 Å². The first-order valence-electron chi connectivity index (χ1n) is 8.22. The van der Waals surface area contributed by atoms with Crippen LogP contribution in [0.25, 0.3) is 27.7 Å². The number of aromatic nitrogens is 4. The molecule has 132 valence electrons. The molecule has 26 heavy (non-hydrogen) atoms. The van der Waals surface area contributed by atoms with Gasteiger partial charge in [-0.2, -0.15) is 5.10 Å². The first kappa shape index (κ1) is 16.4. The van der Waals surface area contributed by atoms with Gasteiger partial charge in [0.05, 0.1) is 23.2 Å². The number of hydrogen-bond acceptors (Lipinski definition) is 4. The minimum atomic E-state index is -0.294. The largest absolute Gasteiger partial charge is 0.383 e. The molecule has 0 amide bonds. The van der Waals surface area contributed by atoms with E-state index in [1.165, 1.54) is 12.1 Å². The van der Waals surface area contributed by atoms with Crippen LogP contribution in [0.15, 0.2) is 47.5 Å². The monoisotopic (exact) mass is 352 g/mol. The Kier molecular flexibility index (Phi) is 4.00. The number of fused-ring (bicyclic) bond motifs is 3. The molecule has 7 heteroatoms. The third-order valence-corrected chi connectivity index (χ3v) is 4.43. The number of nitrogens with zero attached hydrogens (tertiary/aromatic N) is 4. The summed E-state index contributed by atoms with van der Waals surface area (Å²) in [5.41, 5.74) is 3.61. The highest BCUT2D eigenvalue weighted by atomic mass is 19.1. The lowest BCUT2D eigenvalue weighted by Gasteiger charge is -2.07. The van der Waals surface area contributed by atoms with Crippen molar-refractivity contribution in [1.29, 1.82) is 0 Å². The summed E-state index contributed by atoms with van der Waals surface area (Å²) in [6.07, 6.45) is 3.31. The fourth-order valence-corrected chi connectivity index (χ4v) is 3.14. The number of methoxy groups -OCH3 is 1. The number of aryl methyl sites for hydroxylation is 1. The smallest absolute Gasteiger partial charge is 0.261 e. The number of benzene rings is 1. The van der Waals surface area contributed by atoms with Gasteiger partial charge in [0.25, 0.3) is 5.56 Å². The molecule has 0 aliphatic heterocycles. The van der Waals surface area contributed by atoms with Gasteiger partial charge in [-0.25, -0.2) is 13.9 Å². The molecule has 0 bridgehead atoms. The predicted molar refractivity (Wildman–Crippen MR) is 96.8 cm³/mol. The molecule has 0 aliphatic carbocycles. The maximum atomic E-state index is 13.2. The first-order chi connectivity index (χ1) is 12.6. The average Bonchev–Trinajstić information content (AvgIpc) is 2.98. The van der Waals surface area contributed by atoms with Crippen LogP contribution in [0.3, 0.4) is 0 Å². The number of ether oxygens (including phenoxy) is 1. The molecule has 0 atom stereocenters. The van der Waals surface area contributed by atoms with Crippen LogP contribution in [0.4, 0.5) is 4.39 Å². The fraction of sp³-hybridized carbons (Fsp3) is 0.211. The Morgan fingerprint density at radius 3 is 2.69 bits per heavy atom. The zero-order valence-electron chi connectivity index (χ0n) is 14.4. The van der Waals surface area contributed by atoms with E-state index in [1.54, 1.807) is 40.7 Å². The third kappa shape index (κ3) is 2.57. The van der Waals surface area contributed by atoms with Gasteiger partial charge in [-0.3, -0.25) is 4.79 Å².